The fraction of sp³-hybridized carbons (Fsp3) is 0.316. The molecule has 1 aliphatic rings. The second-order valence-electron chi connectivity index (χ2n) is 6.66. The van der Waals surface area contributed by atoms with Crippen LogP contribution in [0.25, 0.3) is 0 Å². The van der Waals surface area contributed by atoms with Gasteiger partial charge in [0.05, 0.1) is 22.0 Å². The summed E-state index contributed by atoms with van der Waals surface area (Å²) in [6, 6.07) is 10.2. The number of sulfonamides is 1. The van der Waals surface area contributed by atoms with Gasteiger partial charge in [0.25, 0.3) is 0 Å². The van der Waals surface area contributed by atoms with Crippen molar-refractivity contribution in [2.45, 2.75) is 17.4 Å². The molecule has 1 atom stereocenters. The lowest BCUT2D eigenvalue weighted by atomic mass is 10.2. The third-order valence-corrected chi connectivity index (χ3v) is 7.67. The van der Waals surface area contributed by atoms with Crippen molar-refractivity contribution in [2.24, 2.45) is 0 Å². The summed E-state index contributed by atoms with van der Waals surface area (Å²) in [5.74, 6) is -1.45. The third-order valence-electron chi connectivity index (χ3n) is 4.37. The van der Waals surface area contributed by atoms with Gasteiger partial charge in [-0.3, -0.25) is 0 Å². The maximum absolute atomic E-state index is 13.4. The lowest BCUT2D eigenvalue weighted by Crippen LogP contribution is -2.35. The Labute approximate surface area is 174 Å². The highest BCUT2D eigenvalue weighted by molar-refractivity contribution is 7.92. The molecular formula is C19H20FNO7S2. The summed E-state index contributed by atoms with van der Waals surface area (Å²) in [6.07, 6.45) is 0.223. The number of ether oxygens (including phenoxy) is 2. The molecule has 0 aliphatic carbocycles. The van der Waals surface area contributed by atoms with E-state index in [1.54, 1.807) is 6.07 Å². The molecule has 0 spiro atoms. The standard InChI is InChI=1S/C19H20FNO7S2/c20-17-3-1-2-4-18(17)27-10-11-28-19(22)14-5-7-16(8-6-14)30(25,26)21-15-9-12-29(23,24)13-15/h1-8,15,21H,9-13H2. The normalized spacial score (nSPS) is 18.1. The second-order valence-corrected chi connectivity index (χ2v) is 10.6. The maximum atomic E-state index is 13.4. The van der Waals surface area contributed by atoms with Gasteiger partial charge in [0.2, 0.25) is 10.0 Å². The van der Waals surface area contributed by atoms with Crippen LogP contribution in [0.15, 0.2) is 53.4 Å². The van der Waals surface area contributed by atoms with Gasteiger partial charge >= 0.3 is 5.97 Å². The summed E-state index contributed by atoms with van der Waals surface area (Å²) < 4.78 is 73.7. The number of halogens is 1. The van der Waals surface area contributed by atoms with Crippen LogP contribution in [0.4, 0.5) is 4.39 Å². The average Bonchev–Trinajstić information content (AvgIpc) is 3.04. The van der Waals surface area contributed by atoms with Crippen LogP contribution in [0.1, 0.15) is 16.8 Å². The molecule has 1 N–H and O–H groups in total. The van der Waals surface area contributed by atoms with Crippen LogP contribution in [0.3, 0.4) is 0 Å². The van der Waals surface area contributed by atoms with E-state index in [-0.39, 0.29) is 47.3 Å². The van der Waals surface area contributed by atoms with Crippen molar-refractivity contribution in [3.63, 3.8) is 0 Å². The van der Waals surface area contributed by atoms with Crippen LogP contribution in [0, 0.1) is 5.82 Å². The number of nitrogens with one attached hydrogen (secondary N) is 1. The van der Waals surface area contributed by atoms with Gasteiger partial charge in [-0.25, -0.2) is 30.7 Å². The number of esters is 1. The average molecular weight is 458 g/mol. The quantitative estimate of drug-likeness (QED) is 0.472. The van der Waals surface area contributed by atoms with Crippen molar-refractivity contribution in [3.05, 3.63) is 59.9 Å². The van der Waals surface area contributed by atoms with Crippen molar-refractivity contribution in [3.8, 4) is 5.75 Å². The van der Waals surface area contributed by atoms with Crippen LogP contribution in [0.5, 0.6) is 5.75 Å². The number of rotatable bonds is 8. The number of benzene rings is 2. The van der Waals surface area contributed by atoms with E-state index >= 15 is 0 Å². The zero-order valence-corrected chi connectivity index (χ0v) is 17.4. The van der Waals surface area contributed by atoms with Crippen molar-refractivity contribution in [1.29, 1.82) is 0 Å². The summed E-state index contributed by atoms with van der Waals surface area (Å²) in [5.41, 5.74) is 0.128. The van der Waals surface area contributed by atoms with Gasteiger partial charge in [-0.15, -0.1) is 0 Å². The molecule has 0 radical (unpaired) electrons. The number of carbonyl (C=O) groups is 1. The predicted octanol–water partition coefficient (Wildman–Crippen LogP) is 1.53. The number of hydrogen-bond donors (Lipinski definition) is 1. The number of hydrogen-bond acceptors (Lipinski definition) is 7. The van der Waals surface area contributed by atoms with E-state index in [0.717, 1.165) is 0 Å². The van der Waals surface area contributed by atoms with Crippen LogP contribution in [-0.2, 0) is 24.6 Å². The number of para-hydroxylation sites is 1. The maximum Gasteiger partial charge on any atom is 0.338 e. The van der Waals surface area contributed by atoms with Crippen LogP contribution in [0.2, 0.25) is 0 Å². The molecule has 1 unspecified atom stereocenters. The summed E-state index contributed by atoms with van der Waals surface area (Å²) in [7, 11) is -7.13. The minimum atomic E-state index is -3.91. The van der Waals surface area contributed by atoms with Crippen LogP contribution in [-0.4, -0.2) is 53.6 Å². The molecule has 0 aromatic heterocycles. The number of sulfone groups is 1. The Hall–Kier alpha value is -2.50. The Morgan fingerprint density at radius 3 is 2.43 bits per heavy atom. The van der Waals surface area contributed by atoms with Crippen molar-refractivity contribution < 1.29 is 35.5 Å². The summed E-state index contributed by atoms with van der Waals surface area (Å²) in [5, 5.41) is 0. The van der Waals surface area contributed by atoms with Gasteiger partial charge in [-0.05, 0) is 42.8 Å². The molecule has 1 aliphatic heterocycles. The Kier molecular flexibility index (Phi) is 6.74. The molecule has 3 rings (SSSR count). The highest BCUT2D eigenvalue weighted by Crippen LogP contribution is 2.17. The Morgan fingerprint density at radius 2 is 1.80 bits per heavy atom. The minimum Gasteiger partial charge on any atom is -0.487 e. The molecule has 0 saturated carbocycles. The SMILES string of the molecule is O=C(OCCOc1ccccc1F)c1ccc(S(=O)(=O)NC2CCS(=O)(=O)C2)cc1. The van der Waals surface area contributed by atoms with Gasteiger partial charge < -0.3 is 9.47 Å². The summed E-state index contributed by atoms with van der Waals surface area (Å²) in [6.45, 7) is -0.168. The van der Waals surface area contributed by atoms with E-state index in [4.69, 9.17) is 9.47 Å². The topological polar surface area (TPSA) is 116 Å². The fourth-order valence-corrected chi connectivity index (χ4v) is 5.93. The molecule has 1 fully saturated rings. The molecule has 2 aromatic carbocycles. The Morgan fingerprint density at radius 1 is 1.10 bits per heavy atom. The van der Waals surface area contributed by atoms with Gasteiger partial charge in [-0.1, -0.05) is 12.1 Å². The van der Waals surface area contributed by atoms with Crippen molar-refractivity contribution >= 4 is 25.8 Å². The van der Waals surface area contributed by atoms with Gasteiger partial charge in [-0.2, -0.15) is 0 Å². The Balaban J connectivity index is 1.52. The summed E-state index contributed by atoms with van der Waals surface area (Å²) >= 11 is 0. The number of carbonyl (C=O) groups excluding carboxylic acids is 1. The monoisotopic (exact) mass is 457 g/mol. The predicted molar refractivity (Wildman–Crippen MR) is 106 cm³/mol. The molecular weight excluding hydrogens is 437 g/mol. The van der Waals surface area contributed by atoms with Gasteiger partial charge in [0.1, 0.15) is 13.2 Å². The second kappa shape index (κ2) is 9.11. The molecule has 1 saturated heterocycles. The first-order chi connectivity index (χ1) is 14.2. The molecule has 2 aromatic rings. The van der Waals surface area contributed by atoms with E-state index < -0.39 is 37.7 Å². The molecule has 8 nitrogen and oxygen atoms in total. The lowest BCUT2D eigenvalue weighted by Gasteiger charge is -2.12. The van der Waals surface area contributed by atoms with E-state index in [1.165, 1.54) is 42.5 Å². The third kappa shape index (κ3) is 5.77. The van der Waals surface area contributed by atoms with Crippen molar-refractivity contribution in [2.75, 3.05) is 24.7 Å². The summed E-state index contributed by atoms with van der Waals surface area (Å²) in [4.78, 5) is 12.0. The van der Waals surface area contributed by atoms with Crippen LogP contribution >= 0.6 is 0 Å². The molecule has 1 heterocycles. The van der Waals surface area contributed by atoms with E-state index in [2.05, 4.69) is 4.72 Å². The largest absolute Gasteiger partial charge is 0.487 e. The van der Waals surface area contributed by atoms with Gasteiger partial charge in [0.15, 0.2) is 21.4 Å². The fourth-order valence-electron chi connectivity index (χ4n) is 2.88. The van der Waals surface area contributed by atoms with Crippen LogP contribution < -0.4 is 9.46 Å². The molecule has 0 amide bonds. The highest BCUT2D eigenvalue weighted by Gasteiger charge is 2.31. The smallest absolute Gasteiger partial charge is 0.338 e. The molecule has 30 heavy (non-hydrogen) atoms. The molecule has 11 heteroatoms. The zero-order chi connectivity index (χ0) is 21.8. The lowest BCUT2D eigenvalue weighted by molar-refractivity contribution is 0.0448. The van der Waals surface area contributed by atoms with E-state index in [9.17, 15) is 26.0 Å². The first kappa shape index (κ1) is 22.2. The minimum absolute atomic E-state index is 0.0469. The Bertz CT molecular complexity index is 1120. The van der Waals surface area contributed by atoms with Crippen molar-refractivity contribution in [1.82, 2.24) is 4.72 Å². The molecule has 162 valence electrons. The van der Waals surface area contributed by atoms with E-state index in [0.29, 0.717) is 0 Å². The van der Waals surface area contributed by atoms with Gasteiger partial charge in [0, 0.05) is 6.04 Å². The highest BCUT2D eigenvalue weighted by atomic mass is 32.2. The molecule has 0 bridgehead atoms. The van der Waals surface area contributed by atoms with E-state index in [1.807, 2.05) is 0 Å². The first-order valence-electron chi connectivity index (χ1n) is 9.03. The first-order valence-corrected chi connectivity index (χ1v) is 12.3. The zero-order valence-electron chi connectivity index (χ0n) is 15.8.